The Bertz CT molecular complexity index is 1180. The van der Waals surface area contributed by atoms with E-state index in [1.807, 2.05) is 29.2 Å². The molecule has 0 unspecified atom stereocenters. The van der Waals surface area contributed by atoms with E-state index in [1.165, 1.54) is 17.7 Å². The minimum Gasteiger partial charge on any atom is -0.303 e. The van der Waals surface area contributed by atoms with Crippen LogP contribution in [0.2, 0.25) is 0 Å². The lowest BCUT2D eigenvalue weighted by atomic mass is 9.65. The molecule has 32 heavy (non-hydrogen) atoms. The molecule has 1 atom stereocenters. The average molecular weight is 427 g/mol. The fourth-order valence-electron chi connectivity index (χ4n) is 4.93. The van der Waals surface area contributed by atoms with Gasteiger partial charge in [-0.25, -0.2) is 0 Å². The molecule has 1 aliphatic rings. The number of carbonyl (C=O) groups is 1. The van der Waals surface area contributed by atoms with E-state index in [1.54, 1.807) is 24.3 Å². The summed E-state index contributed by atoms with van der Waals surface area (Å²) in [6.07, 6.45) is 4.03. The van der Waals surface area contributed by atoms with Crippen molar-refractivity contribution in [3.63, 3.8) is 0 Å². The largest absolute Gasteiger partial charge is 0.303 e. The number of hydrogen-bond acceptors (Lipinski definition) is 3. The zero-order chi connectivity index (χ0) is 22.9. The summed E-state index contributed by atoms with van der Waals surface area (Å²) in [7, 11) is 0. The summed E-state index contributed by atoms with van der Waals surface area (Å²) in [5.74, 6) is -0.115. The van der Waals surface area contributed by atoms with Crippen LogP contribution in [0.15, 0.2) is 84.9 Å². The highest BCUT2D eigenvalue weighted by atomic mass is 16.6. The summed E-state index contributed by atoms with van der Waals surface area (Å²) in [5.41, 5.74) is 3.39. The third-order valence-corrected chi connectivity index (χ3v) is 6.28. The molecule has 0 aliphatic carbocycles. The predicted octanol–water partition coefficient (Wildman–Crippen LogP) is 6.13. The van der Waals surface area contributed by atoms with E-state index in [0.29, 0.717) is 0 Å². The SMILES string of the molecule is CC1(C)C[C@](C)(c2ccccc2)c2ccccc2N1C(=O)/C=C/c1ccc([N+](=O)[O-])cc1. The lowest BCUT2D eigenvalue weighted by Gasteiger charge is -2.51. The Labute approximate surface area is 188 Å². The number of benzene rings is 3. The summed E-state index contributed by atoms with van der Waals surface area (Å²) in [6, 6.07) is 24.7. The van der Waals surface area contributed by atoms with Crippen molar-refractivity contribution in [2.75, 3.05) is 4.90 Å². The first-order valence-electron chi connectivity index (χ1n) is 10.6. The molecule has 0 bridgehead atoms. The number of nitro benzene ring substituents is 1. The van der Waals surface area contributed by atoms with Gasteiger partial charge in [0.2, 0.25) is 0 Å². The first-order valence-corrected chi connectivity index (χ1v) is 10.6. The van der Waals surface area contributed by atoms with Gasteiger partial charge in [-0.1, -0.05) is 55.5 Å². The normalized spacial score (nSPS) is 19.5. The first-order chi connectivity index (χ1) is 15.2. The highest BCUT2D eigenvalue weighted by Gasteiger charge is 2.47. The smallest absolute Gasteiger partial charge is 0.269 e. The lowest BCUT2D eigenvalue weighted by molar-refractivity contribution is -0.384. The number of nitrogens with zero attached hydrogens (tertiary/aromatic N) is 2. The van der Waals surface area contributed by atoms with Gasteiger partial charge in [0.05, 0.1) is 4.92 Å². The molecule has 1 heterocycles. The maximum absolute atomic E-state index is 13.4. The minimum atomic E-state index is -0.435. The number of anilines is 1. The van der Waals surface area contributed by atoms with Gasteiger partial charge in [0, 0.05) is 34.9 Å². The second-order valence-electron chi connectivity index (χ2n) is 9.06. The highest BCUT2D eigenvalue weighted by Crippen LogP contribution is 2.50. The van der Waals surface area contributed by atoms with Crippen LogP contribution in [0.1, 0.15) is 43.9 Å². The van der Waals surface area contributed by atoms with E-state index in [9.17, 15) is 14.9 Å². The number of nitro groups is 1. The molecule has 162 valence electrons. The molecular weight excluding hydrogens is 400 g/mol. The lowest BCUT2D eigenvalue weighted by Crippen LogP contribution is -2.55. The van der Waals surface area contributed by atoms with Crippen molar-refractivity contribution in [1.29, 1.82) is 0 Å². The van der Waals surface area contributed by atoms with Gasteiger partial charge in [-0.2, -0.15) is 0 Å². The second kappa shape index (κ2) is 8.08. The van der Waals surface area contributed by atoms with Crippen LogP contribution in [-0.4, -0.2) is 16.4 Å². The van der Waals surface area contributed by atoms with E-state index in [2.05, 4.69) is 51.1 Å². The molecular formula is C27H26N2O3. The molecule has 0 spiro atoms. The first kappa shape index (κ1) is 21.5. The van der Waals surface area contributed by atoms with Crippen molar-refractivity contribution in [2.45, 2.75) is 38.1 Å². The molecule has 0 N–H and O–H groups in total. The third-order valence-electron chi connectivity index (χ3n) is 6.28. The third kappa shape index (κ3) is 3.82. The zero-order valence-corrected chi connectivity index (χ0v) is 18.5. The van der Waals surface area contributed by atoms with Gasteiger partial charge in [0.15, 0.2) is 0 Å². The monoisotopic (exact) mass is 426 g/mol. The fourth-order valence-corrected chi connectivity index (χ4v) is 4.93. The molecule has 1 amide bonds. The fraction of sp³-hybridized carbons (Fsp3) is 0.222. The van der Waals surface area contributed by atoms with Crippen molar-refractivity contribution >= 4 is 23.4 Å². The summed E-state index contributed by atoms with van der Waals surface area (Å²) in [6.45, 7) is 6.45. The maximum atomic E-state index is 13.4. The predicted molar refractivity (Wildman–Crippen MR) is 128 cm³/mol. The molecule has 3 aromatic rings. The number of rotatable bonds is 4. The summed E-state index contributed by atoms with van der Waals surface area (Å²) in [4.78, 5) is 25.7. The second-order valence-corrected chi connectivity index (χ2v) is 9.06. The number of non-ortho nitro benzene ring substituents is 1. The number of hydrogen-bond donors (Lipinski definition) is 0. The Morgan fingerprint density at radius 1 is 0.938 bits per heavy atom. The van der Waals surface area contributed by atoms with Gasteiger partial charge in [-0.05, 0) is 61.2 Å². The Hall–Kier alpha value is -3.73. The number of para-hydroxylation sites is 1. The van der Waals surface area contributed by atoms with Gasteiger partial charge in [-0.15, -0.1) is 0 Å². The van der Waals surface area contributed by atoms with Crippen LogP contribution in [0, 0.1) is 10.1 Å². The molecule has 1 aliphatic heterocycles. The number of fused-ring (bicyclic) bond motifs is 1. The van der Waals surface area contributed by atoms with Gasteiger partial charge < -0.3 is 4.90 Å². The van der Waals surface area contributed by atoms with E-state index < -0.39 is 10.5 Å². The maximum Gasteiger partial charge on any atom is 0.269 e. The topological polar surface area (TPSA) is 63.5 Å². The van der Waals surface area contributed by atoms with E-state index in [4.69, 9.17) is 0 Å². The summed E-state index contributed by atoms with van der Waals surface area (Å²) >= 11 is 0. The van der Waals surface area contributed by atoms with Crippen molar-refractivity contribution in [2.24, 2.45) is 0 Å². The van der Waals surface area contributed by atoms with Crippen LogP contribution in [0.5, 0.6) is 0 Å². The van der Waals surface area contributed by atoms with Crippen molar-refractivity contribution in [3.8, 4) is 0 Å². The van der Waals surface area contributed by atoms with Gasteiger partial charge >= 0.3 is 0 Å². The van der Waals surface area contributed by atoms with Crippen LogP contribution in [0.3, 0.4) is 0 Å². The molecule has 0 aromatic heterocycles. The Kier molecular flexibility index (Phi) is 5.43. The molecule has 0 saturated carbocycles. The zero-order valence-electron chi connectivity index (χ0n) is 18.5. The van der Waals surface area contributed by atoms with Crippen molar-refractivity contribution in [3.05, 3.63) is 112 Å². The van der Waals surface area contributed by atoms with Crippen LogP contribution in [0.4, 0.5) is 11.4 Å². The Morgan fingerprint density at radius 2 is 1.56 bits per heavy atom. The molecule has 5 nitrogen and oxygen atoms in total. The molecule has 0 radical (unpaired) electrons. The van der Waals surface area contributed by atoms with Gasteiger partial charge in [-0.3, -0.25) is 14.9 Å². The quantitative estimate of drug-likeness (QED) is 0.286. The van der Waals surface area contributed by atoms with Crippen LogP contribution in [-0.2, 0) is 10.2 Å². The number of carbonyl (C=O) groups excluding carboxylic acids is 1. The highest BCUT2D eigenvalue weighted by molar-refractivity contribution is 6.06. The van der Waals surface area contributed by atoms with E-state index in [0.717, 1.165) is 23.2 Å². The molecule has 5 heteroatoms. The molecule has 4 rings (SSSR count). The van der Waals surface area contributed by atoms with Gasteiger partial charge in [0.1, 0.15) is 0 Å². The minimum absolute atomic E-state index is 0.0276. The van der Waals surface area contributed by atoms with Crippen LogP contribution < -0.4 is 4.90 Å². The Morgan fingerprint density at radius 3 is 2.22 bits per heavy atom. The average Bonchev–Trinajstić information content (AvgIpc) is 2.78. The van der Waals surface area contributed by atoms with Crippen LogP contribution in [0.25, 0.3) is 6.08 Å². The van der Waals surface area contributed by atoms with E-state index >= 15 is 0 Å². The van der Waals surface area contributed by atoms with Crippen molar-refractivity contribution < 1.29 is 9.72 Å². The number of amides is 1. The summed E-state index contributed by atoms with van der Waals surface area (Å²) < 4.78 is 0. The van der Waals surface area contributed by atoms with E-state index in [-0.39, 0.29) is 17.0 Å². The van der Waals surface area contributed by atoms with Crippen LogP contribution >= 0.6 is 0 Å². The molecule has 3 aromatic carbocycles. The summed E-state index contributed by atoms with van der Waals surface area (Å²) in [5, 5.41) is 10.9. The standard InChI is InChI=1S/C27H26N2O3/c1-26(2)19-27(3,21-9-5-4-6-10-21)23-11-7-8-12-24(23)28(26)25(30)18-15-20-13-16-22(17-14-20)29(31)32/h4-18H,19H2,1-3H3/b18-15+/t27-/m1/s1. The molecule has 0 saturated heterocycles. The van der Waals surface area contributed by atoms with Crippen molar-refractivity contribution in [1.82, 2.24) is 0 Å². The van der Waals surface area contributed by atoms with Gasteiger partial charge in [0.25, 0.3) is 11.6 Å². The Balaban J connectivity index is 1.71. The molecule has 0 fully saturated rings.